The van der Waals surface area contributed by atoms with Gasteiger partial charge >= 0.3 is 6.03 Å². The average molecular weight is 325 g/mol. The number of para-hydroxylation sites is 1. The standard InChI is InChI=1S/C19H23N3O2/c1-13(2)17(18(23)20-16-11-9-14(3)10-12-16)22-19(24)21-15-7-5-4-6-8-15/h4-13,17H,1-3H3,(H,20,23)(H2,21,22,24). The topological polar surface area (TPSA) is 70.2 Å². The summed E-state index contributed by atoms with van der Waals surface area (Å²) in [4.78, 5) is 24.6. The molecule has 1 unspecified atom stereocenters. The van der Waals surface area contributed by atoms with Crippen LogP contribution < -0.4 is 16.0 Å². The maximum absolute atomic E-state index is 12.5. The Balaban J connectivity index is 1.98. The van der Waals surface area contributed by atoms with Gasteiger partial charge in [0.05, 0.1) is 0 Å². The number of rotatable bonds is 5. The molecule has 5 heteroatoms. The molecule has 0 saturated carbocycles. The molecule has 5 nitrogen and oxygen atoms in total. The predicted molar refractivity (Wildman–Crippen MR) is 97.0 cm³/mol. The Bertz CT molecular complexity index is 682. The Morgan fingerprint density at radius 3 is 2.00 bits per heavy atom. The van der Waals surface area contributed by atoms with E-state index >= 15 is 0 Å². The third kappa shape index (κ3) is 5.12. The van der Waals surface area contributed by atoms with Crippen LogP contribution in [0.1, 0.15) is 19.4 Å². The van der Waals surface area contributed by atoms with Crippen molar-refractivity contribution in [2.24, 2.45) is 5.92 Å². The summed E-state index contributed by atoms with van der Waals surface area (Å²) in [7, 11) is 0. The van der Waals surface area contributed by atoms with E-state index in [4.69, 9.17) is 0 Å². The van der Waals surface area contributed by atoms with Crippen LogP contribution in [0.3, 0.4) is 0 Å². The van der Waals surface area contributed by atoms with Gasteiger partial charge in [-0.3, -0.25) is 4.79 Å². The van der Waals surface area contributed by atoms with E-state index in [9.17, 15) is 9.59 Å². The largest absolute Gasteiger partial charge is 0.326 e. The molecule has 0 aliphatic carbocycles. The van der Waals surface area contributed by atoms with Gasteiger partial charge < -0.3 is 16.0 Å². The number of anilines is 2. The van der Waals surface area contributed by atoms with Crippen LogP contribution in [0.2, 0.25) is 0 Å². The number of amides is 3. The van der Waals surface area contributed by atoms with Gasteiger partial charge in [-0.15, -0.1) is 0 Å². The molecule has 2 aromatic rings. The first-order valence-corrected chi connectivity index (χ1v) is 7.96. The molecular weight excluding hydrogens is 302 g/mol. The molecule has 0 spiro atoms. The Kier molecular flexibility index (Phi) is 5.95. The van der Waals surface area contributed by atoms with E-state index in [0.29, 0.717) is 11.4 Å². The number of carbonyl (C=O) groups is 2. The monoisotopic (exact) mass is 325 g/mol. The Hall–Kier alpha value is -2.82. The van der Waals surface area contributed by atoms with Crippen LogP contribution in [0.4, 0.5) is 16.2 Å². The lowest BCUT2D eigenvalue weighted by Crippen LogP contribution is -2.48. The number of aryl methyl sites for hydroxylation is 1. The molecule has 2 aromatic carbocycles. The fraction of sp³-hybridized carbons (Fsp3) is 0.263. The zero-order valence-electron chi connectivity index (χ0n) is 14.2. The van der Waals surface area contributed by atoms with Crippen molar-refractivity contribution in [2.75, 3.05) is 10.6 Å². The summed E-state index contributed by atoms with van der Waals surface area (Å²) in [5.74, 6) is -0.283. The summed E-state index contributed by atoms with van der Waals surface area (Å²) in [5, 5.41) is 8.30. The molecule has 0 saturated heterocycles. The highest BCUT2D eigenvalue weighted by Gasteiger charge is 2.24. The van der Waals surface area contributed by atoms with Crippen LogP contribution in [0.5, 0.6) is 0 Å². The average Bonchev–Trinajstić information content (AvgIpc) is 2.55. The van der Waals surface area contributed by atoms with E-state index in [1.54, 1.807) is 12.1 Å². The molecule has 0 heterocycles. The first-order chi connectivity index (χ1) is 11.5. The van der Waals surface area contributed by atoms with Crippen LogP contribution in [0.25, 0.3) is 0 Å². The molecule has 0 radical (unpaired) electrons. The lowest BCUT2D eigenvalue weighted by molar-refractivity contribution is -0.118. The lowest BCUT2D eigenvalue weighted by atomic mass is 10.0. The minimum Gasteiger partial charge on any atom is -0.326 e. The van der Waals surface area contributed by atoms with E-state index in [2.05, 4.69) is 16.0 Å². The van der Waals surface area contributed by atoms with Crippen molar-refractivity contribution >= 4 is 23.3 Å². The summed E-state index contributed by atoms with van der Waals surface area (Å²) in [6.07, 6.45) is 0. The van der Waals surface area contributed by atoms with Gasteiger partial charge in [0.25, 0.3) is 0 Å². The van der Waals surface area contributed by atoms with Crippen molar-refractivity contribution < 1.29 is 9.59 Å². The SMILES string of the molecule is Cc1ccc(NC(=O)C(NC(=O)Nc2ccccc2)C(C)C)cc1. The summed E-state index contributed by atoms with van der Waals surface area (Å²) >= 11 is 0. The second kappa shape index (κ2) is 8.15. The van der Waals surface area contributed by atoms with Crippen LogP contribution >= 0.6 is 0 Å². The zero-order chi connectivity index (χ0) is 17.5. The van der Waals surface area contributed by atoms with Gasteiger partial charge in [-0.2, -0.15) is 0 Å². The van der Waals surface area contributed by atoms with Crippen LogP contribution in [-0.4, -0.2) is 18.0 Å². The van der Waals surface area contributed by atoms with Crippen LogP contribution in [-0.2, 0) is 4.79 Å². The van der Waals surface area contributed by atoms with Crippen molar-refractivity contribution in [3.8, 4) is 0 Å². The van der Waals surface area contributed by atoms with Gasteiger partial charge in [-0.1, -0.05) is 49.7 Å². The van der Waals surface area contributed by atoms with Gasteiger partial charge in [-0.25, -0.2) is 4.79 Å². The highest BCUT2D eigenvalue weighted by molar-refractivity contribution is 5.99. The summed E-state index contributed by atoms with van der Waals surface area (Å²) < 4.78 is 0. The molecule has 3 N–H and O–H groups in total. The molecule has 0 fully saturated rings. The van der Waals surface area contributed by atoms with Crippen molar-refractivity contribution in [1.82, 2.24) is 5.32 Å². The van der Waals surface area contributed by atoms with E-state index in [0.717, 1.165) is 5.56 Å². The normalized spacial score (nSPS) is 11.7. The third-order valence-corrected chi connectivity index (χ3v) is 3.59. The quantitative estimate of drug-likeness (QED) is 0.783. The summed E-state index contributed by atoms with van der Waals surface area (Å²) in [6.45, 7) is 5.77. The summed E-state index contributed by atoms with van der Waals surface area (Å²) in [5.41, 5.74) is 2.51. The summed E-state index contributed by atoms with van der Waals surface area (Å²) in [6, 6.07) is 15.6. The van der Waals surface area contributed by atoms with Crippen LogP contribution in [0, 0.1) is 12.8 Å². The molecule has 0 aliphatic rings. The Morgan fingerprint density at radius 1 is 0.833 bits per heavy atom. The fourth-order valence-corrected chi connectivity index (χ4v) is 2.22. The first kappa shape index (κ1) is 17.5. The Labute approximate surface area is 142 Å². The minimum absolute atomic E-state index is 0.0445. The van der Waals surface area contributed by atoms with E-state index in [1.165, 1.54) is 0 Å². The lowest BCUT2D eigenvalue weighted by Gasteiger charge is -2.22. The fourth-order valence-electron chi connectivity index (χ4n) is 2.22. The molecule has 0 bridgehead atoms. The second-order valence-electron chi connectivity index (χ2n) is 6.04. The molecule has 0 aromatic heterocycles. The highest BCUT2D eigenvalue weighted by atomic mass is 16.2. The first-order valence-electron chi connectivity index (χ1n) is 7.96. The van der Waals surface area contributed by atoms with E-state index in [-0.39, 0.29) is 11.8 Å². The van der Waals surface area contributed by atoms with Gasteiger partial charge in [0.2, 0.25) is 5.91 Å². The highest BCUT2D eigenvalue weighted by Crippen LogP contribution is 2.12. The second-order valence-corrected chi connectivity index (χ2v) is 6.04. The maximum Gasteiger partial charge on any atom is 0.319 e. The smallest absolute Gasteiger partial charge is 0.319 e. The molecule has 1 atom stereocenters. The van der Waals surface area contributed by atoms with Crippen molar-refractivity contribution in [2.45, 2.75) is 26.8 Å². The molecule has 3 amide bonds. The number of urea groups is 1. The van der Waals surface area contributed by atoms with Gasteiger partial charge in [0, 0.05) is 11.4 Å². The van der Waals surface area contributed by atoms with Crippen molar-refractivity contribution in [3.05, 3.63) is 60.2 Å². The number of benzene rings is 2. The van der Waals surface area contributed by atoms with Crippen LogP contribution in [0.15, 0.2) is 54.6 Å². The third-order valence-electron chi connectivity index (χ3n) is 3.59. The minimum atomic E-state index is -0.630. The van der Waals surface area contributed by atoms with Gasteiger partial charge in [-0.05, 0) is 37.1 Å². The van der Waals surface area contributed by atoms with Crippen molar-refractivity contribution in [3.63, 3.8) is 0 Å². The molecule has 0 aliphatic heterocycles. The maximum atomic E-state index is 12.5. The Morgan fingerprint density at radius 2 is 1.42 bits per heavy atom. The van der Waals surface area contributed by atoms with E-state index in [1.807, 2.05) is 63.2 Å². The van der Waals surface area contributed by atoms with Crippen molar-refractivity contribution in [1.29, 1.82) is 0 Å². The number of hydrogen-bond acceptors (Lipinski definition) is 2. The van der Waals surface area contributed by atoms with Gasteiger partial charge in [0.1, 0.15) is 6.04 Å². The molecular formula is C19H23N3O2. The number of carbonyl (C=O) groups excluding carboxylic acids is 2. The number of nitrogens with one attached hydrogen (secondary N) is 3. The molecule has 2 rings (SSSR count). The van der Waals surface area contributed by atoms with Gasteiger partial charge in [0.15, 0.2) is 0 Å². The predicted octanol–water partition coefficient (Wildman–Crippen LogP) is 3.78. The molecule has 24 heavy (non-hydrogen) atoms. The zero-order valence-corrected chi connectivity index (χ0v) is 14.2. The molecule has 126 valence electrons. The number of hydrogen-bond donors (Lipinski definition) is 3. The van der Waals surface area contributed by atoms with E-state index < -0.39 is 12.1 Å².